The van der Waals surface area contributed by atoms with Crippen molar-refractivity contribution < 1.29 is 38.0 Å². The van der Waals surface area contributed by atoms with Crippen LogP contribution in [0.5, 0.6) is 0 Å². The molecule has 5 rings (SSSR count). The summed E-state index contributed by atoms with van der Waals surface area (Å²) in [6.45, 7) is 10.9. The third-order valence-corrected chi connectivity index (χ3v) is 9.84. The molecule has 2 aliphatic carbocycles. The lowest BCUT2D eigenvalue weighted by Gasteiger charge is -2.64. The van der Waals surface area contributed by atoms with Gasteiger partial charge in [-0.15, -0.1) is 0 Å². The van der Waals surface area contributed by atoms with Gasteiger partial charge in [0.15, 0.2) is 12.6 Å². The second-order valence-electron chi connectivity index (χ2n) is 11.4. The Labute approximate surface area is 202 Å². The van der Waals surface area contributed by atoms with Gasteiger partial charge in [0.05, 0.1) is 18.1 Å². The number of hydrogen-bond acceptors (Lipinski definition) is 8. The summed E-state index contributed by atoms with van der Waals surface area (Å²) in [5, 5.41) is 0. The monoisotopic (exact) mass is 480 g/mol. The zero-order chi connectivity index (χ0) is 24.3. The maximum absolute atomic E-state index is 12.2. The van der Waals surface area contributed by atoms with Gasteiger partial charge in [0.2, 0.25) is 0 Å². The standard InChI is InChI=1S/C26H40O8/c1-6-29-22-12-18-11-20(33-23(18)34-22)24(5)15(2)10-21(32-17(4)28)26(14-30-16(3)27)19(24)8-7-9-25(26)13-31-25/h15,18-23H,6-14H2,1-5H3/t15-,18+,19-,20+,21-,22-,23-,24+,25+,26+/m1/s1. The zero-order valence-electron chi connectivity index (χ0n) is 21.2. The van der Waals surface area contributed by atoms with E-state index in [0.29, 0.717) is 25.6 Å². The molecule has 0 N–H and O–H groups in total. The van der Waals surface area contributed by atoms with Crippen LogP contribution in [0, 0.1) is 28.6 Å². The number of ether oxygens (including phenoxy) is 6. The van der Waals surface area contributed by atoms with Gasteiger partial charge in [-0.3, -0.25) is 9.59 Å². The van der Waals surface area contributed by atoms with Crippen LogP contribution in [0.3, 0.4) is 0 Å². The van der Waals surface area contributed by atoms with Crippen molar-refractivity contribution >= 4 is 11.9 Å². The topological polar surface area (TPSA) is 92.8 Å². The Morgan fingerprint density at radius 3 is 2.47 bits per heavy atom. The number of epoxide rings is 1. The van der Waals surface area contributed by atoms with E-state index in [1.807, 2.05) is 6.92 Å². The third kappa shape index (κ3) is 3.62. The van der Waals surface area contributed by atoms with E-state index in [4.69, 9.17) is 28.4 Å². The molecule has 0 bridgehead atoms. The van der Waals surface area contributed by atoms with Crippen molar-refractivity contribution in [1.29, 1.82) is 0 Å². The number of hydrogen-bond donors (Lipinski definition) is 0. The van der Waals surface area contributed by atoms with Crippen LogP contribution in [0.1, 0.15) is 73.1 Å². The summed E-state index contributed by atoms with van der Waals surface area (Å²) in [6, 6.07) is 0. The van der Waals surface area contributed by atoms with Crippen LogP contribution in [0.25, 0.3) is 0 Å². The lowest BCUT2D eigenvalue weighted by Crippen LogP contribution is -2.69. The molecule has 34 heavy (non-hydrogen) atoms. The fraction of sp³-hybridized carbons (Fsp3) is 0.923. The van der Waals surface area contributed by atoms with Crippen LogP contribution in [-0.2, 0) is 38.0 Å². The van der Waals surface area contributed by atoms with Crippen molar-refractivity contribution in [3.05, 3.63) is 0 Å². The van der Waals surface area contributed by atoms with Gasteiger partial charge in [0.1, 0.15) is 18.3 Å². The number of fused-ring (bicyclic) bond motifs is 3. The second-order valence-corrected chi connectivity index (χ2v) is 11.4. The molecule has 0 aromatic rings. The maximum Gasteiger partial charge on any atom is 0.302 e. The highest BCUT2D eigenvalue weighted by molar-refractivity contribution is 5.67. The van der Waals surface area contributed by atoms with E-state index < -0.39 is 11.0 Å². The highest BCUT2D eigenvalue weighted by atomic mass is 16.8. The Morgan fingerprint density at radius 2 is 1.85 bits per heavy atom. The second kappa shape index (κ2) is 8.71. The fourth-order valence-electron chi connectivity index (χ4n) is 8.07. The highest BCUT2D eigenvalue weighted by Gasteiger charge is 2.76. The predicted molar refractivity (Wildman–Crippen MR) is 120 cm³/mol. The molecule has 8 heteroatoms. The highest BCUT2D eigenvalue weighted by Crippen LogP contribution is 2.70. The van der Waals surface area contributed by atoms with Crippen LogP contribution in [0.4, 0.5) is 0 Å². The van der Waals surface area contributed by atoms with Gasteiger partial charge in [0.25, 0.3) is 0 Å². The average molecular weight is 481 g/mol. The summed E-state index contributed by atoms with van der Waals surface area (Å²) >= 11 is 0. The van der Waals surface area contributed by atoms with Crippen molar-refractivity contribution in [1.82, 2.24) is 0 Å². The Morgan fingerprint density at radius 1 is 1.09 bits per heavy atom. The minimum Gasteiger partial charge on any atom is -0.465 e. The van der Waals surface area contributed by atoms with E-state index in [2.05, 4.69) is 13.8 Å². The van der Waals surface area contributed by atoms with E-state index in [-0.39, 0.29) is 60.6 Å². The van der Waals surface area contributed by atoms with E-state index in [1.54, 1.807) is 0 Å². The lowest BCUT2D eigenvalue weighted by atomic mass is 9.42. The summed E-state index contributed by atoms with van der Waals surface area (Å²) in [6.07, 6.45) is 4.56. The van der Waals surface area contributed by atoms with Crippen molar-refractivity contribution in [3.63, 3.8) is 0 Å². The number of carbonyl (C=O) groups is 2. The van der Waals surface area contributed by atoms with Crippen LogP contribution in [0.2, 0.25) is 0 Å². The van der Waals surface area contributed by atoms with Gasteiger partial charge in [-0.1, -0.05) is 20.3 Å². The van der Waals surface area contributed by atoms with Gasteiger partial charge in [-0.2, -0.15) is 0 Å². The van der Waals surface area contributed by atoms with Crippen molar-refractivity contribution in [2.24, 2.45) is 28.6 Å². The molecule has 192 valence electrons. The average Bonchev–Trinajstić information content (AvgIpc) is 3.27. The van der Waals surface area contributed by atoms with Gasteiger partial charge in [-0.05, 0) is 44.4 Å². The van der Waals surface area contributed by atoms with Gasteiger partial charge in [0, 0.05) is 38.2 Å². The molecule has 0 radical (unpaired) electrons. The van der Waals surface area contributed by atoms with Crippen LogP contribution in [0.15, 0.2) is 0 Å². The number of rotatable bonds is 6. The van der Waals surface area contributed by atoms with Crippen molar-refractivity contribution in [2.75, 3.05) is 19.8 Å². The van der Waals surface area contributed by atoms with Crippen LogP contribution >= 0.6 is 0 Å². The molecule has 3 saturated heterocycles. The van der Waals surface area contributed by atoms with Crippen molar-refractivity contribution in [2.45, 2.75) is 104 Å². The van der Waals surface area contributed by atoms with Crippen LogP contribution in [-0.4, -0.2) is 62.1 Å². The smallest absolute Gasteiger partial charge is 0.302 e. The van der Waals surface area contributed by atoms with Gasteiger partial charge >= 0.3 is 11.9 Å². The summed E-state index contributed by atoms with van der Waals surface area (Å²) in [7, 11) is 0. The molecule has 10 atom stereocenters. The SMILES string of the molecule is CCO[C@H]1C[C@@H]2C[C@@H]([C@@]3(C)[C@H](C)C[C@@H](OC(C)=O)[C@]4(COC(C)=O)[C@@H]3CCC[C@]43CO3)O[C@@H]2O1. The number of carbonyl (C=O) groups excluding carboxylic acids is 2. The third-order valence-electron chi connectivity index (χ3n) is 9.84. The lowest BCUT2D eigenvalue weighted by molar-refractivity contribution is -0.266. The molecule has 5 aliphatic rings. The van der Waals surface area contributed by atoms with Crippen molar-refractivity contribution in [3.8, 4) is 0 Å². The Hall–Kier alpha value is -1.22. The molecule has 0 aromatic heterocycles. The van der Waals surface area contributed by atoms with Crippen LogP contribution < -0.4 is 0 Å². The quantitative estimate of drug-likeness (QED) is 0.421. The molecule has 5 fully saturated rings. The first-order valence-electron chi connectivity index (χ1n) is 13.0. The molecule has 3 aliphatic heterocycles. The molecule has 2 saturated carbocycles. The molecular formula is C26H40O8. The molecule has 1 spiro atoms. The molecule has 0 amide bonds. The molecule has 8 nitrogen and oxygen atoms in total. The molecule has 0 aromatic carbocycles. The Kier molecular flexibility index (Phi) is 6.27. The van der Waals surface area contributed by atoms with E-state index in [1.165, 1.54) is 13.8 Å². The molecule has 0 unspecified atom stereocenters. The summed E-state index contributed by atoms with van der Waals surface area (Å²) in [5.74, 6) is 0.0563. The van der Waals surface area contributed by atoms with Gasteiger partial charge < -0.3 is 28.4 Å². The Bertz CT molecular complexity index is 797. The van der Waals surface area contributed by atoms with E-state index in [0.717, 1.165) is 32.1 Å². The summed E-state index contributed by atoms with van der Waals surface area (Å²) in [5.41, 5.74) is -1.21. The first-order valence-corrected chi connectivity index (χ1v) is 13.0. The molecule has 3 heterocycles. The minimum atomic E-state index is -0.584. The van der Waals surface area contributed by atoms with E-state index in [9.17, 15) is 9.59 Å². The normalized spacial score (nSPS) is 49.4. The fourth-order valence-corrected chi connectivity index (χ4v) is 8.07. The minimum absolute atomic E-state index is 0.00829. The number of esters is 2. The van der Waals surface area contributed by atoms with E-state index >= 15 is 0 Å². The largest absolute Gasteiger partial charge is 0.465 e. The zero-order valence-corrected chi connectivity index (χ0v) is 21.2. The summed E-state index contributed by atoms with van der Waals surface area (Å²) in [4.78, 5) is 24.2. The Balaban J connectivity index is 1.50. The first kappa shape index (κ1) is 24.5. The predicted octanol–water partition coefficient (Wildman–Crippen LogP) is 3.60. The summed E-state index contributed by atoms with van der Waals surface area (Å²) < 4.78 is 36.4. The molecular weight excluding hydrogens is 440 g/mol. The van der Waals surface area contributed by atoms with Gasteiger partial charge in [-0.25, -0.2) is 0 Å². The first-order chi connectivity index (χ1) is 16.2. The maximum atomic E-state index is 12.2.